The monoisotopic (exact) mass is 628 g/mol. The van der Waals surface area contributed by atoms with Crippen molar-refractivity contribution in [1.29, 1.82) is 0 Å². The third kappa shape index (κ3) is 8.01. The number of thioether (sulfide) groups is 1. The molecular formula is C32H25ClN4O4S2. The molecule has 0 bridgehead atoms. The highest BCUT2D eigenvalue weighted by Gasteiger charge is 2.18. The molecule has 8 nitrogen and oxygen atoms in total. The van der Waals surface area contributed by atoms with Crippen molar-refractivity contribution in [3.8, 4) is 11.3 Å². The lowest BCUT2D eigenvalue weighted by Gasteiger charge is -2.13. The molecule has 0 aliphatic rings. The van der Waals surface area contributed by atoms with Crippen LogP contribution in [0.5, 0.6) is 0 Å². The summed E-state index contributed by atoms with van der Waals surface area (Å²) < 4.78 is 5.34. The summed E-state index contributed by atoms with van der Waals surface area (Å²) in [6.45, 7) is 1.80. The number of anilines is 2. The number of benzene rings is 3. The number of hydrogen-bond donors (Lipinski definition) is 3. The van der Waals surface area contributed by atoms with Crippen LogP contribution in [0, 0.1) is 0 Å². The Kier molecular flexibility index (Phi) is 9.73. The third-order valence-corrected chi connectivity index (χ3v) is 8.24. The Morgan fingerprint density at radius 2 is 1.67 bits per heavy atom. The second-order valence-electron chi connectivity index (χ2n) is 9.14. The minimum Gasteiger partial charge on any atom is -0.465 e. The van der Waals surface area contributed by atoms with Gasteiger partial charge in [-0.15, -0.1) is 23.1 Å². The number of thiazole rings is 1. The lowest BCUT2D eigenvalue weighted by molar-refractivity contribution is -0.115. The van der Waals surface area contributed by atoms with Gasteiger partial charge in [-0.25, -0.2) is 4.98 Å². The molecule has 0 aliphatic carbocycles. The largest absolute Gasteiger partial charge is 0.465 e. The fourth-order valence-electron chi connectivity index (χ4n) is 3.86. The van der Waals surface area contributed by atoms with E-state index in [2.05, 4.69) is 20.9 Å². The number of carbonyl (C=O) groups excluding carboxylic acids is 3. The maximum atomic E-state index is 13.1. The highest BCUT2D eigenvalue weighted by molar-refractivity contribution is 8.00. The van der Waals surface area contributed by atoms with E-state index in [0.29, 0.717) is 32.9 Å². The van der Waals surface area contributed by atoms with Gasteiger partial charge in [-0.05, 0) is 61.5 Å². The van der Waals surface area contributed by atoms with Crippen molar-refractivity contribution in [2.75, 3.05) is 10.6 Å². The molecule has 0 aliphatic heterocycles. The Morgan fingerprint density at radius 3 is 2.40 bits per heavy atom. The Hall–Kier alpha value is -4.64. The van der Waals surface area contributed by atoms with E-state index in [1.807, 2.05) is 23.6 Å². The van der Waals surface area contributed by atoms with E-state index >= 15 is 0 Å². The van der Waals surface area contributed by atoms with Crippen LogP contribution in [-0.4, -0.2) is 28.0 Å². The van der Waals surface area contributed by atoms with Crippen LogP contribution in [0.2, 0.25) is 5.02 Å². The van der Waals surface area contributed by atoms with Crippen molar-refractivity contribution in [2.45, 2.75) is 17.1 Å². The lowest BCUT2D eigenvalue weighted by atomic mass is 10.2. The topological polar surface area (TPSA) is 113 Å². The highest BCUT2D eigenvalue weighted by Crippen LogP contribution is 2.31. The molecule has 1 unspecified atom stereocenters. The maximum Gasteiger partial charge on any atom is 0.272 e. The number of hydrogen-bond acceptors (Lipinski definition) is 7. The van der Waals surface area contributed by atoms with Crippen LogP contribution >= 0.6 is 34.7 Å². The molecule has 1 atom stereocenters. The molecule has 0 radical (unpaired) electrons. The first-order valence-corrected chi connectivity index (χ1v) is 15.2. The van der Waals surface area contributed by atoms with Gasteiger partial charge in [0.2, 0.25) is 5.91 Å². The maximum absolute atomic E-state index is 13.1. The van der Waals surface area contributed by atoms with Crippen molar-refractivity contribution >= 4 is 69.3 Å². The SMILES string of the molecule is CC(Sc1ccc(NC(=O)/C(=C/c2ccco2)NC(=O)c2ccccc2)cc1)C(=O)Nc1nc(-c2ccccc2Cl)cs1. The van der Waals surface area contributed by atoms with Crippen molar-refractivity contribution in [3.05, 3.63) is 125 Å². The zero-order valence-corrected chi connectivity index (χ0v) is 25.1. The summed E-state index contributed by atoms with van der Waals surface area (Å²) in [6.07, 6.45) is 2.94. The molecule has 0 saturated heterocycles. The number of nitrogens with zero attached hydrogens (tertiary/aromatic N) is 1. The Morgan fingerprint density at radius 1 is 0.930 bits per heavy atom. The number of furan rings is 1. The van der Waals surface area contributed by atoms with E-state index in [4.69, 9.17) is 16.0 Å². The molecule has 5 rings (SSSR count). The first-order valence-electron chi connectivity index (χ1n) is 13.1. The van der Waals surface area contributed by atoms with Crippen molar-refractivity contribution < 1.29 is 18.8 Å². The van der Waals surface area contributed by atoms with Gasteiger partial charge in [-0.3, -0.25) is 14.4 Å². The summed E-state index contributed by atoms with van der Waals surface area (Å²) in [7, 11) is 0. The number of aromatic nitrogens is 1. The van der Waals surface area contributed by atoms with E-state index in [1.165, 1.54) is 35.4 Å². The zero-order valence-electron chi connectivity index (χ0n) is 22.7. The highest BCUT2D eigenvalue weighted by atomic mass is 35.5. The van der Waals surface area contributed by atoms with Crippen LogP contribution in [0.3, 0.4) is 0 Å². The van der Waals surface area contributed by atoms with Gasteiger partial charge in [0.05, 0.1) is 17.2 Å². The molecule has 3 aromatic carbocycles. The number of nitrogens with one attached hydrogen (secondary N) is 3. The molecule has 11 heteroatoms. The molecule has 2 aromatic heterocycles. The Balaban J connectivity index is 1.19. The molecule has 2 heterocycles. The number of halogens is 1. The fourth-order valence-corrected chi connectivity index (χ4v) is 5.68. The average Bonchev–Trinajstić information content (AvgIpc) is 3.71. The summed E-state index contributed by atoms with van der Waals surface area (Å²) in [5, 5.41) is 10.9. The second kappa shape index (κ2) is 14.0. The summed E-state index contributed by atoms with van der Waals surface area (Å²) in [5.74, 6) is -0.724. The van der Waals surface area contributed by atoms with Gasteiger partial charge in [0, 0.05) is 38.2 Å². The zero-order chi connectivity index (χ0) is 30.2. The molecule has 3 amide bonds. The van der Waals surface area contributed by atoms with Crippen LogP contribution in [0.25, 0.3) is 17.3 Å². The number of rotatable bonds is 10. The Labute approximate surface area is 261 Å². The normalized spacial score (nSPS) is 11.9. The van der Waals surface area contributed by atoms with Crippen molar-refractivity contribution in [1.82, 2.24) is 10.3 Å². The predicted molar refractivity (Wildman–Crippen MR) is 172 cm³/mol. The van der Waals surface area contributed by atoms with Crippen LogP contribution in [0.1, 0.15) is 23.0 Å². The molecule has 216 valence electrons. The Bertz CT molecular complexity index is 1750. The van der Waals surface area contributed by atoms with Gasteiger partial charge < -0.3 is 20.4 Å². The smallest absolute Gasteiger partial charge is 0.272 e. The fraction of sp³-hybridized carbons (Fsp3) is 0.0625. The van der Waals surface area contributed by atoms with Gasteiger partial charge in [0.25, 0.3) is 11.8 Å². The molecule has 43 heavy (non-hydrogen) atoms. The van der Waals surface area contributed by atoms with E-state index in [9.17, 15) is 14.4 Å². The van der Waals surface area contributed by atoms with Crippen LogP contribution in [0.15, 0.2) is 118 Å². The molecule has 5 aromatic rings. The minimum atomic E-state index is -0.520. The van der Waals surface area contributed by atoms with Crippen molar-refractivity contribution in [3.63, 3.8) is 0 Å². The van der Waals surface area contributed by atoms with Crippen LogP contribution < -0.4 is 16.0 Å². The minimum absolute atomic E-state index is 0.0208. The summed E-state index contributed by atoms with van der Waals surface area (Å²) in [5.41, 5.74) is 2.45. The van der Waals surface area contributed by atoms with Gasteiger partial charge in [0.1, 0.15) is 11.5 Å². The molecule has 3 N–H and O–H groups in total. The molecular weight excluding hydrogens is 604 g/mol. The standard InChI is InChI=1S/C32H25ClN4O4S2/c1-20(29(38)37-32-36-28(19-42-32)25-11-5-6-12-26(25)33)43-24-15-13-22(14-16-24)34-31(40)27(18-23-10-7-17-41-23)35-30(39)21-8-3-2-4-9-21/h2-20H,1H3,(H,34,40)(H,35,39)(H,36,37,38)/b27-18-. The predicted octanol–water partition coefficient (Wildman–Crippen LogP) is 7.59. The number of carbonyl (C=O) groups is 3. The molecule has 0 fully saturated rings. The molecule has 0 spiro atoms. The van der Waals surface area contributed by atoms with Crippen LogP contribution in [-0.2, 0) is 9.59 Å². The van der Waals surface area contributed by atoms with Gasteiger partial charge >= 0.3 is 0 Å². The summed E-state index contributed by atoms with van der Waals surface area (Å²) in [6, 6.07) is 26.4. The second-order valence-corrected chi connectivity index (χ2v) is 11.8. The first kappa shape index (κ1) is 29.8. The van der Waals surface area contributed by atoms with Crippen LogP contribution in [0.4, 0.5) is 10.8 Å². The average molecular weight is 629 g/mol. The summed E-state index contributed by atoms with van der Waals surface area (Å²) in [4.78, 5) is 44.0. The van der Waals surface area contributed by atoms with Gasteiger partial charge in [-0.2, -0.15) is 0 Å². The summed E-state index contributed by atoms with van der Waals surface area (Å²) >= 11 is 8.97. The third-order valence-electron chi connectivity index (χ3n) is 6.04. The van der Waals surface area contributed by atoms with Gasteiger partial charge in [0.15, 0.2) is 5.13 Å². The van der Waals surface area contributed by atoms with E-state index in [1.54, 1.807) is 79.7 Å². The number of amides is 3. The van der Waals surface area contributed by atoms with E-state index in [-0.39, 0.29) is 11.6 Å². The molecule has 0 saturated carbocycles. The van der Waals surface area contributed by atoms with Gasteiger partial charge in [-0.1, -0.05) is 48.0 Å². The quantitative estimate of drug-likeness (QED) is 0.108. The first-order chi connectivity index (χ1) is 20.9. The van der Waals surface area contributed by atoms with E-state index < -0.39 is 17.1 Å². The van der Waals surface area contributed by atoms with Crippen molar-refractivity contribution in [2.24, 2.45) is 0 Å². The lowest BCUT2D eigenvalue weighted by Crippen LogP contribution is -2.30. The van der Waals surface area contributed by atoms with E-state index in [0.717, 1.165) is 10.5 Å².